The molecule has 2 aromatic carbocycles. The normalized spacial score (nSPS) is 19.2. The molecule has 4 heteroatoms. The van der Waals surface area contributed by atoms with Crippen molar-refractivity contribution in [1.29, 1.82) is 0 Å². The first-order valence-corrected chi connectivity index (χ1v) is 9.66. The van der Waals surface area contributed by atoms with Crippen LogP contribution < -0.4 is 5.32 Å². The first-order valence-electron chi connectivity index (χ1n) is 9.66. The molecule has 4 nitrogen and oxygen atoms in total. The zero-order chi connectivity index (χ0) is 17.8. The Morgan fingerprint density at radius 3 is 2.15 bits per heavy atom. The number of carbonyl (C=O) groups excluding carboxylic acids is 1. The average Bonchev–Trinajstić information content (AvgIpc) is 3.53. The molecule has 0 aromatic heterocycles. The van der Waals surface area contributed by atoms with Crippen LogP contribution in [0.5, 0.6) is 0 Å². The van der Waals surface area contributed by atoms with E-state index in [4.69, 9.17) is 0 Å². The van der Waals surface area contributed by atoms with Crippen molar-refractivity contribution in [3.63, 3.8) is 0 Å². The molecule has 1 aliphatic heterocycles. The van der Waals surface area contributed by atoms with Gasteiger partial charge in [-0.3, -0.25) is 4.90 Å². The third-order valence-electron chi connectivity index (χ3n) is 5.44. The van der Waals surface area contributed by atoms with Gasteiger partial charge in [-0.1, -0.05) is 60.7 Å². The Balaban J connectivity index is 1.30. The standard InChI is InChI=1S/C22H27N3O/c26-22(23-21(20-11-12-20)19-9-5-2-6-10-19)25-15-13-24(14-16-25)17-18-7-3-1-4-8-18/h1-10,20-21H,11-17H2,(H,23,26). The molecule has 136 valence electrons. The first kappa shape index (κ1) is 17.1. The molecule has 0 bridgehead atoms. The monoisotopic (exact) mass is 349 g/mol. The highest BCUT2D eigenvalue weighted by atomic mass is 16.2. The lowest BCUT2D eigenvalue weighted by Crippen LogP contribution is -2.52. The van der Waals surface area contributed by atoms with E-state index in [1.165, 1.54) is 24.0 Å². The molecule has 2 aromatic rings. The third-order valence-corrected chi connectivity index (χ3v) is 5.44. The fraction of sp³-hybridized carbons (Fsp3) is 0.409. The molecule has 4 rings (SSSR count). The molecule has 1 unspecified atom stereocenters. The van der Waals surface area contributed by atoms with E-state index in [0.717, 1.165) is 32.7 Å². The van der Waals surface area contributed by atoms with Crippen molar-refractivity contribution in [3.8, 4) is 0 Å². The van der Waals surface area contributed by atoms with Gasteiger partial charge in [0, 0.05) is 32.7 Å². The van der Waals surface area contributed by atoms with Gasteiger partial charge >= 0.3 is 6.03 Å². The van der Waals surface area contributed by atoms with Crippen LogP contribution in [0.1, 0.15) is 30.0 Å². The Bertz CT molecular complexity index is 707. The van der Waals surface area contributed by atoms with E-state index in [1.807, 2.05) is 11.0 Å². The van der Waals surface area contributed by atoms with Gasteiger partial charge in [-0.05, 0) is 29.9 Å². The molecule has 2 amide bonds. The summed E-state index contributed by atoms with van der Waals surface area (Å²) in [6, 6.07) is 21.2. The average molecular weight is 349 g/mol. The van der Waals surface area contributed by atoms with Crippen LogP contribution in [0.2, 0.25) is 0 Å². The first-order chi connectivity index (χ1) is 12.8. The smallest absolute Gasteiger partial charge is 0.317 e. The second-order valence-corrected chi connectivity index (χ2v) is 7.42. The number of piperazine rings is 1. The van der Waals surface area contributed by atoms with Crippen molar-refractivity contribution in [1.82, 2.24) is 15.1 Å². The van der Waals surface area contributed by atoms with E-state index in [-0.39, 0.29) is 12.1 Å². The second-order valence-electron chi connectivity index (χ2n) is 7.42. The van der Waals surface area contributed by atoms with E-state index in [2.05, 4.69) is 64.8 Å². The van der Waals surface area contributed by atoms with Gasteiger partial charge in [-0.15, -0.1) is 0 Å². The SMILES string of the molecule is O=C(NC(c1ccccc1)C1CC1)N1CCN(Cc2ccccc2)CC1. The van der Waals surface area contributed by atoms with Crippen molar-refractivity contribution in [2.75, 3.05) is 26.2 Å². The molecule has 2 fully saturated rings. The summed E-state index contributed by atoms with van der Waals surface area (Å²) in [7, 11) is 0. The maximum atomic E-state index is 12.8. The highest BCUT2D eigenvalue weighted by molar-refractivity contribution is 5.75. The number of urea groups is 1. The quantitative estimate of drug-likeness (QED) is 0.894. The van der Waals surface area contributed by atoms with Gasteiger partial charge in [0.15, 0.2) is 0 Å². The van der Waals surface area contributed by atoms with E-state index in [1.54, 1.807) is 0 Å². The van der Waals surface area contributed by atoms with Crippen LogP contribution in [0.25, 0.3) is 0 Å². The van der Waals surface area contributed by atoms with Gasteiger partial charge in [0.05, 0.1) is 6.04 Å². The molecule has 1 saturated carbocycles. The molecule has 26 heavy (non-hydrogen) atoms. The van der Waals surface area contributed by atoms with Crippen molar-refractivity contribution in [2.45, 2.75) is 25.4 Å². The fourth-order valence-corrected chi connectivity index (χ4v) is 3.74. The second kappa shape index (κ2) is 7.92. The van der Waals surface area contributed by atoms with Crippen molar-refractivity contribution in [2.24, 2.45) is 5.92 Å². The highest BCUT2D eigenvalue weighted by Gasteiger charge is 2.34. The number of hydrogen-bond acceptors (Lipinski definition) is 2. The Morgan fingerprint density at radius 1 is 0.923 bits per heavy atom. The number of carbonyl (C=O) groups is 1. The molecular formula is C22H27N3O. The third kappa shape index (κ3) is 4.25. The summed E-state index contributed by atoms with van der Waals surface area (Å²) in [4.78, 5) is 17.2. The van der Waals surface area contributed by atoms with Crippen LogP contribution in [-0.2, 0) is 6.54 Å². The van der Waals surface area contributed by atoms with Crippen LogP contribution in [0.15, 0.2) is 60.7 Å². The van der Waals surface area contributed by atoms with Crippen LogP contribution in [0.4, 0.5) is 4.79 Å². The van der Waals surface area contributed by atoms with Gasteiger partial charge in [0.25, 0.3) is 0 Å². The molecule has 0 radical (unpaired) electrons. The lowest BCUT2D eigenvalue weighted by Gasteiger charge is -2.35. The number of rotatable bonds is 5. The van der Waals surface area contributed by atoms with E-state index < -0.39 is 0 Å². The van der Waals surface area contributed by atoms with Gasteiger partial charge in [0.2, 0.25) is 0 Å². The molecule has 1 aliphatic carbocycles. The van der Waals surface area contributed by atoms with Crippen molar-refractivity contribution < 1.29 is 4.79 Å². The summed E-state index contributed by atoms with van der Waals surface area (Å²) in [5.74, 6) is 0.598. The molecule has 1 atom stereocenters. The zero-order valence-corrected chi connectivity index (χ0v) is 15.2. The number of benzene rings is 2. The topological polar surface area (TPSA) is 35.6 Å². The Kier molecular flexibility index (Phi) is 5.21. The van der Waals surface area contributed by atoms with Crippen LogP contribution >= 0.6 is 0 Å². The van der Waals surface area contributed by atoms with E-state index in [0.29, 0.717) is 5.92 Å². The summed E-state index contributed by atoms with van der Waals surface area (Å²) in [6.07, 6.45) is 2.43. The summed E-state index contributed by atoms with van der Waals surface area (Å²) in [5, 5.41) is 3.30. The van der Waals surface area contributed by atoms with Gasteiger partial charge in [-0.25, -0.2) is 4.79 Å². The molecule has 1 N–H and O–H groups in total. The van der Waals surface area contributed by atoms with Crippen LogP contribution in [-0.4, -0.2) is 42.0 Å². The maximum absolute atomic E-state index is 12.8. The summed E-state index contributed by atoms with van der Waals surface area (Å²) >= 11 is 0. The van der Waals surface area contributed by atoms with E-state index in [9.17, 15) is 4.79 Å². The van der Waals surface area contributed by atoms with Crippen LogP contribution in [0.3, 0.4) is 0 Å². The largest absolute Gasteiger partial charge is 0.331 e. The predicted octanol–water partition coefficient (Wildman–Crippen LogP) is 3.67. The van der Waals surface area contributed by atoms with Crippen molar-refractivity contribution >= 4 is 6.03 Å². The number of nitrogens with one attached hydrogen (secondary N) is 1. The van der Waals surface area contributed by atoms with Gasteiger partial charge in [0.1, 0.15) is 0 Å². The highest BCUT2D eigenvalue weighted by Crippen LogP contribution is 2.41. The summed E-state index contributed by atoms with van der Waals surface area (Å²) < 4.78 is 0. The molecule has 1 heterocycles. The number of amides is 2. The lowest BCUT2D eigenvalue weighted by molar-refractivity contribution is 0.132. The maximum Gasteiger partial charge on any atom is 0.317 e. The lowest BCUT2D eigenvalue weighted by atomic mass is 10.0. The minimum atomic E-state index is 0.0881. The number of nitrogens with zero attached hydrogens (tertiary/aromatic N) is 2. The Hall–Kier alpha value is -2.33. The minimum absolute atomic E-state index is 0.0881. The van der Waals surface area contributed by atoms with Gasteiger partial charge in [-0.2, -0.15) is 0 Å². The summed E-state index contributed by atoms with van der Waals surface area (Å²) in [6.45, 7) is 4.42. The fourth-order valence-electron chi connectivity index (χ4n) is 3.74. The Labute approximate surface area is 155 Å². The number of hydrogen-bond donors (Lipinski definition) is 1. The molecule has 0 spiro atoms. The van der Waals surface area contributed by atoms with Crippen molar-refractivity contribution in [3.05, 3.63) is 71.8 Å². The molecule has 1 saturated heterocycles. The van der Waals surface area contributed by atoms with Crippen LogP contribution in [0, 0.1) is 5.92 Å². The zero-order valence-electron chi connectivity index (χ0n) is 15.2. The molecule has 2 aliphatic rings. The Morgan fingerprint density at radius 2 is 1.54 bits per heavy atom. The van der Waals surface area contributed by atoms with E-state index >= 15 is 0 Å². The molecular weight excluding hydrogens is 322 g/mol. The minimum Gasteiger partial charge on any atom is -0.331 e. The summed E-state index contributed by atoms with van der Waals surface area (Å²) in [5.41, 5.74) is 2.56. The predicted molar refractivity (Wildman–Crippen MR) is 104 cm³/mol. The van der Waals surface area contributed by atoms with Gasteiger partial charge < -0.3 is 10.2 Å².